The van der Waals surface area contributed by atoms with Crippen LogP contribution >= 0.6 is 15.9 Å². The lowest BCUT2D eigenvalue weighted by Gasteiger charge is -2.04. The molecule has 15 heavy (non-hydrogen) atoms. The van der Waals surface area contributed by atoms with E-state index in [2.05, 4.69) is 15.9 Å². The molecule has 0 N–H and O–H groups in total. The van der Waals surface area contributed by atoms with Crippen LogP contribution in [0.4, 0.5) is 0 Å². The standard InChI is InChI=1S/C11H19BrN2O/c1-10(2)14-9-8-13(11(14)15)7-5-3-4-6-12/h8-10H,3-7H2,1-2H3. The van der Waals surface area contributed by atoms with Gasteiger partial charge >= 0.3 is 5.69 Å². The van der Waals surface area contributed by atoms with Crippen molar-refractivity contribution in [2.24, 2.45) is 0 Å². The fourth-order valence-electron chi connectivity index (χ4n) is 1.54. The van der Waals surface area contributed by atoms with Crippen LogP contribution < -0.4 is 5.69 Å². The Labute approximate surface area is 99.2 Å². The zero-order valence-corrected chi connectivity index (χ0v) is 11.0. The highest BCUT2D eigenvalue weighted by molar-refractivity contribution is 9.09. The Hall–Kier alpha value is -0.510. The number of hydrogen-bond donors (Lipinski definition) is 0. The lowest BCUT2D eigenvalue weighted by molar-refractivity contribution is 0.534. The Kier molecular flexibility index (Phi) is 5.15. The van der Waals surface area contributed by atoms with Crippen LogP contribution in [-0.2, 0) is 6.54 Å². The minimum absolute atomic E-state index is 0.115. The summed E-state index contributed by atoms with van der Waals surface area (Å²) in [6.07, 6.45) is 7.19. The number of nitrogens with zero attached hydrogens (tertiary/aromatic N) is 2. The summed E-state index contributed by atoms with van der Waals surface area (Å²) >= 11 is 3.40. The Morgan fingerprint density at radius 1 is 1.27 bits per heavy atom. The quantitative estimate of drug-likeness (QED) is 0.579. The summed E-state index contributed by atoms with van der Waals surface area (Å²) < 4.78 is 3.57. The van der Waals surface area contributed by atoms with Gasteiger partial charge in [-0.2, -0.15) is 0 Å². The summed E-state index contributed by atoms with van der Waals surface area (Å²) in [6.45, 7) is 4.89. The molecule has 3 nitrogen and oxygen atoms in total. The number of imidazole rings is 1. The number of aryl methyl sites for hydroxylation is 1. The molecule has 0 atom stereocenters. The first-order valence-corrected chi connectivity index (χ1v) is 6.62. The minimum atomic E-state index is 0.115. The molecule has 1 heterocycles. The van der Waals surface area contributed by atoms with Crippen molar-refractivity contribution < 1.29 is 0 Å². The van der Waals surface area contributed by atoms with Crippen molar-refractivity contribution in [3.8, 4) is 0 Å². The first-order chi connectivity index (χ1) is 7.16. The maximum absolute atomic E-state index is 11.8. The topological polar surface area (TPSA) is 26.9 Å². The predicted molar refractivity (Wildman–Crippen MR) is 66.7 cm³/mol. The SMILES string of the molecule is CC(C)n1ccn(CCCCCBr)c1=O. The van der Waals surface area contributed by atoms with Gasteiger partial charge in [-0.1, -0.05) is 22.4 Å². The highest BCUT2D eigenvalue weighted by Gasteiger charge is 2.04. The van der Waals surface area contributed by atoms with Gasteiger partial charge in [0.1, 0.15) is 0 Å². The van der Waals surface area contributed by atoms with Crippen LogP contribution in [0.3, 0.4) is 0 Å². The summed E-state index contributed by atoms with van der Waals surface area (Å²) in [5.41, 5.74) is 0.115. The van der Waals surface area contributed by atoms with E-state index in [0.717, 1.165) is 18.3 Å². The first-order valence-electron chi connectivity index (χ1n) is 5.50. The van der Waals surface area contributed by atoms with E-state index >= 15 is 0 Å². The zero-order chi connectivity index (χ0) is 11.3. The molecule has 0 bridgehead atoms. The van der Waals surface area contributed by atoms with Crippen LogP contribution in [0.5, 0.6) is 0 Å². The number of hydrogen-bond acceptors (Lipinski definition) is 1. The minimum Gasteiger partial charge on any atom is -0.299 e. The second-order valence-electron chi connectivity index (χ2n) is 4.02. The van der Waals surface area contributed by atoms with Crippen LogP contribution in [0.25, 0.3) is 0 Å². The average Bonchev–Trinajstić information content (AvgIpc) is 2.55. The van der Waals surface area contributed by atoms with Gasteiger partial charge in [-0.3, -0.25) is 9.13 Å². The van der Waals surface area contributed by atoms with Crippen LogP contribution in [0.15, 0.2) is 17.2 Å². The molecule has 0 aromatic carbocycles. The number of unbranched alkanes of at least 4 members (excludes halogenated alkanes) is 2. The zero-order valence-electron chi connectivity index (χ0n) is 9.45. The molecule has 1 aromatic heterocycles. The second kappa shape index (κ2) is 6.16. The third-order valence-corrected chi connectivity index (χ3v) is 3.02. The normalized spacial score (nSPS) is 11.2. The van der Waals surface area contributed by atoms with Crippen LogP contribution in [0.2, 0.25) is 0 Å². The predicted octanol–water partition coefficient (Wildman–Crippen LogP) is 2.80. The summed E-state index contributed by atoms with van der Waals surface area (Å²) in [5, 5.41) is 1.05. The van der Waals surface area contributed by atoms with Crippen LogP contribution in [-0.4, -0.2) is 14.5 Å². The van der Waals surface area contributed by atoms with Gasteiger partial charge in [0.15, 0.2) is 0 Å². The van der Waals surface area contributed by atoms with Crippen molar-refractivity contribution in [3.05, 3.63) is 22.9 Å². The fourth-order valence-corrected chi connectivity index (χ4v) is 1.94. The number of aromatic nitrogens is 2. The van der Waals surface area contributed by atoms with Crippen molar-refractivity contribution in [2.75, 3.05) is 5.33 Å². The largest absolute Gasteiger partial charge is 0.328 e. The molecule has 1 aromatic rings. The Morgan fingerprint density at radius 2 is 2.00 bits per heavy atom. The van der Waals surface area contributed by atoms with Gasteiger partial charge in [0, 0.05) is 30.3 Å². The van der Waals surface area contributed by atoms with Gasteiger partial charge < -0.3 is 0 Å². The first kappa shape index (κ1) is 12.6. The van der Waals surface area contributed by atoms with E-state index in [-0.39, 0.29) is 11.7 Å². The molecule has 0 saturated heterocycles. The molecule has 0 amide bonds. The van der Waals surface area contributed by atoms with Gasteiger partial charge in [0.25, 0.3) is 0 Å². The molecule has 4 heteroatoms. The van der Waals surface area contributed by atoms with E-state index in [1.54, 1.807) is 9.13 Å². The number of halogens is 1. The molecular formula is C11H19BrN2O. The molecule has 0 saturated carbocycles. The Balaban J connectivity index is 2.52. The van der Waals surface area contributed by atoms with Crippen LogP contribution in [0.1, 0.15) is 39.2 Å². The third-order valence-electron chi connectivity index (χ3n) is 2.46. The Bertz CT molecular complexity index is 341. The van der Waals surface area contributed by atoms with Crippen molar-refractivity contribution in [1.82, 2.24) is 9.13 Å². The lowest BCUT2D eigenvalue weighted by atomic mass is 10.2. The van der Waals surface area contributed by atoms with Gasteiger partial charge in [-0.25, -0.2) is 4.79 Å². The van der Waals surface area contributed by atoms with Crippen molar-refractivity contribution in [1.29, 1.82) is 0 Å². The molecule has 0 aliphatic carbocycles. The summed E-state index contributed by atoms with van der Waals surface area (Å²) in [6, 6.07) is 0.251. The van der Waals surface area contributed by atoms with E-state index in [4.69, 9.17) is 0 Å². The van der Waals surface area contributed by atoms with Gasteiger partial charge in [0.2, 0.25) is 0 Å². The molecule has 1 rings (SSSR count). The van der Waals surface area contributed by atoms with Crippen molar-refractivity contribution in [3.63, 3.8) is 0 Å². The molecule has 86 valence electrons. The van der Waals surface area contributed by atoms with Crippen LogP contribution in [0, 0.1) is 0 Å². The maximum Gasteiger partial charge on any atom is 0.328 e. The molecule has 0 fully saturated rings. The smallest absolute Gasteiger partial charge is 0.299 e. The molecule has 0 spiro atoms. The fraction of sp³-hybridized carbons (Fsp3) is 0.727. The lowest BCUT2D eigenvalue weighted by Crippen LogP contribution is -2.25. The van der Waals surface area contributed by atoms with E-state index in [0.29, 0.717) is 0 Å². The number of alkyl halides is 1. The molecule has 0 aliphatic heterocycles. The Morgan fingerprint density at radius 3 is 2.53 bits per heavy atom. The maximum atomic E-state index is 11.8. The van der Waals surface area contributed by atoms with Gasteiger partial charge in [-0.05, 0) is 26.7 Å². The van der Waals surface area contributed by atoms with Crippen molar-refractivity contribution in [2.45, 2.75) is 45.7 Å². The monoisotopic (exact) mass is 274 g/mol. The molecule has 0 unspecified atom stereocenters. The van der Waals surface area contributed by atoms with Gasteiger partial charge in [-0.15, -0.1) is 0 Å². The van der Waals surface area contributed by atoms with E-state index in [1.807, 2.05) is 26.2 Å². The molecular weight excluding hydrogens is 256 g/mol. The average molecular weight is 275 g/mol. The highest BCUT2D eigenvalue weighted by atomic mass is 79.9. The summed E-state index contributed by atoms with van der Waals surface area (Å²) in [5.74, 6) is 0. The molecule has 0 radical (unpaired) electrons. The second-order valence-corrected chi connectivity index (χ2v) is 4.82. The third kappa shape index (κ3) is 3.52. The van der Waals surface area contributed by atoms with E-state index < -0.39 is 0 Å². The van der Waals surface area contributed by atoms with Crippen molar-refractivity contribution >= 4 is 15.9 Å². The molecule has 0 aliphatic rings. The number of rotatable bonds is 6. The summed E-state index contributed by atoms with van der Waals surface area (Å²) in [7, 11) is 0. The summed E-state index contributed by atoms with van der Waals surface area (Å²) in [4.78, 5) is 11.8. The van der Waals surface area contributed by atoms with E-state index in [1.165, 1.54) is 12.8 Å². The van der Waals surface area contributed by atoms with E-state index in [9.17, 15) is 4.79 Å². The van der Waals surface area contributed by atoms with Gasteiger partial charge in [0.05, 0.1) is 0 Å². The highest BCUT2D eigenvalue weighted by Crippen LogP contribution is 2.02.